The fraction of sp³-hybridized carbons (Fsp3) is 0.333. The number of carbonyl (C=O) groups excluding carboxylic acids is 2. The van der Waals surface area contributed by atoms with Crippen LogP contribution in [0.5, 0.6) is 5.75 Å². The first-order valence-electron chi connectivity index (χ1n) is 5.63. The predicted octanol–water partition coefficient (Wildman–Crippen LogP) is 1.59. The SMILES string of the molecule is CC1Oc2ccc(CCNC(=O)S)cc2NC1=O. The fourth-order valence-corrected chi connectivity index (χ4v) is 1.84. The molecule has 5 nitrogen and oxygen atoms in total. The van der Waals surface area contributed by atoms with Gasteiger partial charge in [0.25, 0.3) is 11.1 Å². The van der Waals surface area contributed by atoms with Crippen LogP contribution in [0.2, 0.25) is 0 Å². The number of benzene rings is 1. The van der Waals surface area contributed by atoms with E-state index in [1.807, 2.05) is 18.2 Å². The second-order valence-electron chi connectivity index (χ2n) is 4.06. The topological polar surface area (TPSA) is 67.4 Å². The van der Waals surface area contributed by atoms with E-state index in [1.54, 1.807) is 6.92 Å². The average molecular weight is 266 g/mol. The highest BCUT2D eigenvalue weighted by Gasteiger charge is 2.23. The molecule has 0 aromatic heterocycles. The summed E-state index contributed by atoms with van der Waals surface area (Å²) in [5, 5.41) is 5.03. The van der Waals surface area contributed by atoms with Gasteiger partial charge in [0.2, 0.25) is 0 Å². The van der Waals surface area contributed by atoms with Gasteiger partial charge in [-0.05, 0) is 31.0 Å². The maximum Gasteiger partial charge on any atom is 0.275 e. The van der Waals surface area contributed by atoms with E-state index in [-0.39, 0.29) is 11.1 Å². The maximum atomic E-state index is 11.5. The molecule has 18 heavy (non-hydrogen) atoms. The molecule has 96 valence electrons. The van der Waals surface area contributed by atoms with E-state index >= 15 is 0 Å². The van der Waals surface area contributed by atoms with Crippen molar-refractivity contribution in [2.24, 2.45) is 0 Å². The molecule has 1 heterocycles. The number of hydrogen-bond acceptors (Lipinski definition) is 3. The normalized spacial score (nSPS) is 17.4. The summed E-state index contributed by atoms with van der Waals surface area (Å²) in [6, 6.07) is 5.58. The molecule has 2 rings (SSSR count). The highest BCUT2D eigenvalue weighted by Crippen LogP contribution is 2.30. The molecule has 1 atom stereocenters. The molecule has 2 N–H and O–H groups in total. The molecule has 0 fully saturated rings. The van der Waals surface area contributed by atoms with Crippen LogP contribution >= 0.6 is 12.6 Å². The molecular formula is C12H14N2O3S. The van der Waals surface area contributed by atoms with Crippen molar-refractivity contribution >= 4 is 29.5 Å². The second-order valence-corrected chi connectivity index (χ2v) is 4.47. The number of ether oxygens (including phenoxy) is 1. The lowest BCUT2D eigenvalue weighted by Crippen LogP contribution is -2.34. The predicted molar refractivity (Wildman–Crippen MR) is 71.3 cm³/mol. The van der Waals surface area contributed by atoms with E-state index in [0.29, 0.717) is 24.4 Å². The molecule has 0 saturated carbocycles. The number of nitrogens with one attached hydrogen (secondary N) is 2. The minimum absolute atomic E-state index is 0.150. The Morgan fingerprint density at radius 2 is 2.33 bits per heavy atom. The number of fused-ring (bicyclic) bond motifs is 1. The van der Waals surface area contributed by atoms with Crippen molar-refractivity contribution in [3.8, 4) is 5.75 Å². The summed E-state index contributed by atoms with van der Waals surface area (Å²) in [7, 11) is 0. The quantitative estimate of drug-likeness (QED) is 0.728. The van der Waals surface area contributed by atoms with Crippen LogP contribution in [0, 0.1) is 0 Å². The summed E-state index contributed by atoms with van der Waals surface area (Å²) in [4.78, 5) is 22.1. The van der Waals surface area contributed by atoms with Crippen molar-refractivity contribution in [2.45, 2.75) is 19.4 Å². The first kappa shape index (κ1) is 12.8. The number of amides is 2. The lowest BCUT2D eigenvalue weighted by atomic mass is 10.1. The largest absolute Gasteiger partial charge is 0.479 e. The lowest BCUT2D eigenvalue weighted by Gasteiger charge is -2.23. The first-order valence-corrected chi connectivity index (χ1v) is 6.08. The third-order valence-corrected chi connectivity index (χ3v) is 2.82. The van der Waals surface area contributed by atoms with Crippen LogP contribution in [0.15, 0.2) is 18.2 Å². The number of anilines is 1. The van der Waals surface area contributed by atoms with Crippen LogP contribution in [-0.4, -0.2) is 23.8 Å². The highest BCUT2D eigenvalue weighted by atomic mass is 32.1. The van der Waals surface area contributed by atoms with Gasteiger partial charge in [0, 0.05) is 6.54 Å². The minimum Gasteiger partial charge on any atom is -0.479 e. The second kappa shape index (κ2) is 5.30. The van der Waals surface area contributed by atoms with Gasteiger partial charge in [-0.15, -0.1) is 0 Å². The third kappa shape index (κ3) is 2.95. The third-order valence-electron chi connectivity index (χ3n) is 2.66. The Kier molecular flexibility index (Phi) is 3.76. The van der Waals surface area contributed by atoms with Gasteiger partial charge in [0.05, 0.1) is 5.69 Å². The number of thiol groups is 1. The first-order chi connectivity index (χ1) is 8.56. The van der Waals surface area contributed by atoms with Gasteiger partial charge >= 0.3 is 0 Å². The molecule has 2 amide bonds. The van der Waals surface area contributed by atoms with E-state index in [9.17, 15) is 9.59 Å². The smallest absolute Gasteiger partial charge is 0.275 e. The zero-order valence-corrected chi connectivity index (χ0v) is 10.8. The van der Waals surface area contributed by atoms with E-state index in [1.165, 1.54) is 0 Å². The lowest BCUT2D eigenvalue weighted by molar-refractivity contribution is -0.122. The molecule has 1 aromatic carbocycles. The Morgan fingerprint density at radius 1 is 1.56 bits per heavy atom. The molecule has 0 spiro atoms. The summed E-state index contributed by atoms with van der Waals surface area (Å²) >= 11 is 3.62. The van der Waals surface area contributed by atoms with Gasteiger partial charge in [-0.3, -0.25) is 9.59 Å². The molecule has 6 heteroatoms. The van der Waals surface area contributed by atoms with E-state index in [4.69, 9.17) is 4.74 Å². The van der Waals surface area contributed by atoms with Crippen LogP contribution in [-0.2, 0) is 11.2 Å². The minimum atomic E-state index is -0.466. The summed E-state index contributed by atoms with van der Waals surface area (Å²) in [5.41, 5.74) is 1.68. The molecule has 1 aliphatic heterocycles. The van der Waals surface area contributed by atoms with Gasteiger partial charge in [-0.1, -0.05) is 18.7 Å². The van der Waals surface area contributed by atoms with E-state index < -0.39 is 6.10 Å². The summed E-state index contributed by atoms with van der Waals surface area (Å²) in [5.74, 6) is 0.521. The average Bonchev–Trinajstić information content (AvgIpc) is 2.30. The summed E-state index contributed by atoms with van der Waals surface area (Å²) in [6.45, 7) is 2.21. The van der Waals surface area contributed by atoms with Gasteiger partial charge in [0.15, 0.2) is 6.10 Å². The monoisotopic (exact) mass is 266 g/mol. The Morgan fingerprint density at radius 3 is 3.06 bits per heavy atom. The van der Waals surface area contributed by atoms with Crippen LogP contribution in [0.4, 0.5) is 10.5 Å². The Hall–Kier alpha value is -1.69. The van der Waals surface area contributed by atoms with Crippen LogP contribution in [0.3, 0.4) is 0 Å². The highest BCUT2D eigenvalue weighted by molar-refractivity contribution is 7.96. The van der Waals surface area contributed by atoms with E-state index in [2.05, 4.69) is 23.3 Å². The van der Waals surface area contributed by atoms with E-state index in [0.717, 1.165) is 5.56 Å². The van der Waals surface area contributed by atoms with Crippen molar-refractivity contribution in [3.05, 3.63) is 23.8 Å². The molecule has 1 aliphatic rings. The van der Waals surface area contributed by atoms with Gasteiger partial charge in [-0.25, -0.2) is 0 Å². The molecule has 0 saturated heterocycles. The van der Waals surface area contributed by atoms with Gasteiger partial charge < -0.3 is 15.4 Å². The van der Waals surface area contributed by atoms with Crippen LogP contribution in [0.1, 0.15) is 12.5 Å². The molecule has 0 radical (unpaired) electrons. The fourth-order valence-electron chi connectivity index (χ4n) is 1.73. The number of rotatable bonds is 3. The van der Waals surface area contributed by atoms with Crippen LogP contribution in [0.25, 0.3) is 0 Å². The summed E-state index contributed by atoms with van der Waals surface area (Å²) in [6.07, 6.45) is 0.206. The zero-order chi connectivity index (χ0) is 13.1. The molecule has 0 bridgehead atoms. The Balaban J connectivity index is 2.05. The standard InChI is InChI=1S/C12H14N2O3S/c1-7-11(15)14-9-6-8(2-3-10(9)17-7)4-5-13-12(16)18/h2-3,6-7H,4-5H2,1H3,(H,14,15)(H2,13,16,18). The number of carbonyl (C=O) groups is 2. The summed E-state index contributed by atoms with van der Waals surface area (Å²) < 4.78 is 5.45. The Bertz CT molecular complexity index is 490. The van der Waals surface area contributed by atoms with Gasteiger partial charge in [0.1, 0.15) is 5.75 Å². The van der Waals surface area contributed by atoms with Gasteiger partial charge in [-0.2, -0.15) is 0 Å². The molecule has 0 aliphatic carbocycles. The molecule has 1 aromatic rings. The Labute approximate surface area is 110 Å². The van der Waals surface area contributed by atoms with Crippen molar-refractivity contribution < 1.29 is 14.3 Å². The van der Waals surface area contributed by atoms with Crippen molar-refractivity contribution in [1.82, 2.24) is 5.32 Å². The van der Waals surface area contributed by atoms with Crippen LogP contribution < -0.4 is 15.4 Å². The van der Waals surface area contributed by atoms with Crippen molar-refractivity contribution in [2.75, 3.05) is 11.9 Å². The molecular weight excluding hydrogens is 252 g/mol. The van der Waals surface area contributed by atoms with Crippen molar-refractivity contribution in [1.29, 1.82) is 0 Å². The van der Waals surface area contributed by atoms with Crippen molar-refractivity contribution in [3.63, 3.8) is 0 Å². The zero-order valence-electron chi connectivity index (χ0n) is 9.90. The maximum absolute atomic E-state index is 11.5. The number of hydrogen-bond donors (Lipinski definition) is 3. The molecule has 1 unspecified atom stereocenters.